The molecule has 2 aromatic rings. The summed E-state index contributed by atoms with van der Waals surface area (Å²) in [6.45, 7) is 1.13. The number of nitriles is 1. The first-order chi connectivity index (χ1) is 13.7. The minimum absolute atomic E-state index is 0.0192. The summed E-state index contributed by atoms with van der Waals surface area (Å²) in [5.74, 6) is -1.42. The van der Waals surface area contributed by atoms with Crippen molar-refractivity contribution < 1.29 is 22.7 Å². The van der Waals surface area contributed by atoms with Crippen LogP contribution in [-0.4, -0.2) is 33.3 Å². The number of nitrogens with zero attached hydrogens (tertiary/aromatic N) is 3. The normalized spacial score (nSPS) is 18.5. The number of rotatable bonds is 3. The molecule has 0 spiro atoms. The van der Waals surface area contributed by atoms with Gasteiger partial charge in [0.1, 0.15) is 12.1 Å². The van der Waals surface area contributed by atoms with E-state index < -0.39 is 23.8 Å². The zero-order chi connectivity index (χ0) is 20.9. The Kier molecular flexibility index (Phi) is 4.56. The van der Waals surface area contributed by atoms with Gasteiger partial charge in [-0.15, -0.1) is 0 Å². The Morgan fingerprint density at radius 2 is 2.00 bits per heavy atom. The fourth-order valence-electron chi connectivity index (χ4n) is 3.99. The number of hydrogen-bond acceptors (Lipinski definition) is 3. The Morgan fingerprint density at radius 1 is 1.28 bits per heavy atom. The fraction of sp³-hybridized carbons (Fsp3) is 0.381. The molecule has 0 saturated heterocycles. The third kappa shape index (κ3) is 3.05. The number of allylic oxidation sites excluding steroid dienone is 2. The molecule has 2 heterocycles. The number of phenolic OH excluding ortho intramolecular Hbond substituents is 1. The van der Waals surface area contributed by atoms with Crippen molar-refractivity contribution in [1.82, 2.24) is 9.47 Å². The van der Waals surface area contributed by atoms with Crippen LogP contribution in [0.4, 0.5) is 17.6 Å². The molecule has 0 unspecified atom stereocenters. The van der Waals surface area contributed by atoms with Crippen molar-refractivity contribution in [3.05, 3.63) is 47.4 Å². The summed E-state index contributed by atoms with van der Waals surface area (Å²) in [6.07, 6.45) is 2.97. The first kappa shape index (κ1) is 19.4. The van der Waals surface area contributed by atoms with Crippen molar-refractivity contribution in [3.8, 4) is 11.8 Å². The maximum Gasteiger partial charge on any atom is 0.408 e. The summed E-state index contributed by atoms with van der Waals surface area (Å²) < 4.78 is 56.4. The Hall–Kier alpha value is -2.95. The number of aromatic nitrogens is 1. The SMILES string of the molecule is C[C@H](N1CC=CC=C1c1c(C#N)c2cc(F)c(O)cc2n1C1CCC1)C(F)(F)F. The maximum absolute atomic E-state index is 14.1. The largest absolute Gasteiger partial charge is 0.505 e. The van der Waals surface area contributed by atoms with E-state index in [9.17, 15) is 27.9 Å². The summed E-state index contributed by atoms with van der Waals surface area (Å²) in [4.78, 5) is 1.21. The highest BCUT2D eigenvalue weighted by molar-refractivity contribution is 5.94. The van der Waals surface area contributed by atoms with Crippen molar-refractivity contribution in [2.45, 2.75) is 44.4 Å². The lowest BCUT2D eigenvalue weighted by atomic mass is 9.92. The summed E-state index contributed by atoms with van der Waals surface area (Å²) in [5, 5.41) is 20.0. The molecule has 2 aliphatic rings. The van der Waals surface area contributed by atoms with E-state index in [-0.39, 0.29) is 23.8 Å². The predicted octanol–water partition coefficient (Wildman–Crippen LogP) is 5.25. The van der Waals surface area contributed by atoms with E-state index in [1.165, 1.54) is 11.0 Å². The molecule has 1 atom stereocenters. The standard InChI is InChI=1S/C21H19F4N3O/c1-12(21(23,24)25)27-8-3-2-7-17(27)20-15(11-26)14-9-16(22)19(29)10-18(14)28(20)13-5-4-6-13/h2-3,7,9-10,12-13,29H,4-6,8H2,1H3/t12-/m0/s1. The second-order valence-corrected chi connectivity index (χ2v) is 7.46. The van der Waals surface area contributed by atoms with Gasteiger partial charge in [-0.25, -0.2) is 4.39 Å². The molecule has 4 rings (SSSR count). The lowest BCUT2D eigenvalue weighted by molar-refractivity contribution is -0.169. The van der Waals surface area contributed by atoms with Gasteiger partial charge >= 0.3 is 6.18 Å². The molecule has 0 radical (unpaired) electrons. The average molecular weight is 405 g/mol. The van der Waals surface area contributed by atoms with E-state index >= 15 is 0 Å². The predicted molar refractivity (Wildman–Crippen MR) is 101 cm³/mol. The molecule has 0 bridgehead atoms. The van der Waals surface area contributed by atoms with Gasteiger partial charge in [0.25, 0.3) is 0 Å². The third-order valence-corrected chi connectivity index (χ3v) is 5.81. The lowest BCUT2D eigenvalue weighted by Crippen LogP contribution is -2.43. The molecule has 29 heavy (non-hydrogen) atoms. The van der Waals surface area contributed by atoms with E-state index in [2.05, 4.69) is 6.07 Å². The maximum atomic E-state index is 14.1. The van der Waals surface area contributed by atoms with Crippen molar-refractivity contribution in [1.29, 1.82) is 5.26 Å². The Morgan fingerprint density at radius 3 is 2.59 bits per heavy atom. The number of benzene rings is 1. The summed E-state index contributed by atoms with van der Waals surface area (Å²) >= 11 is 0. The number of fused-ring (bicyclic) bond motifs is 1. The second-order valence-electron chi connectivity index (χ2n) is 7.46. The first-order valence-electron chi connectivity index (χ1n) is 9.41. The summed E-state index contributed by atoms with van der Waals surface area (Å²) in [7, 11) is 0. The van der Waals surface area contributed by atoms with Gasteiger partial charge in [-0.05, 0) is 38.3 Å². The molecule has 1 N–H and O–H groups in total. The Labute approximate surface area is 164 Å². The smallest absolute Gasteiger partial charge is 0.408 e. The van der Waals surface area contributed by atoms with Crippen molar-refractivity contribution in [2.24, 2.45) is 0 Å². The van der Waals surface area contributed by atoms with Gasteiger partial charge in [-0.3, -0.25) is 0 Å². The molecule has 8 heteroatoms. The van der Waals surface area contributed by atoms with Gasteiger partial charge in [-0.1, -0.05) is 12.2 Å². The monoisotopic (exact) mass is 405 g/mol. The molecule has 1 aliphatic carbocycles. The molecular formula is C21H19F4N3O. The first-order valence-corrected chi connectivity index (χ1v) is 9.41. The van der Waals surface area contributed by atoms with Gasteiger partial charge in [0, 0.05) is 24.0 Å². The van der Waals surface area contributed by atoms with Crippen molar-refractivity contribution in [3.63, 3.8) is 0 Å². The molecule has 1 aromatic carbocycles. The number of alkyl halides is 3. The van der Waals surface area contributed by atoms with Gasteiger partial charge in [0.05, 0.1) is 22.5 Å². The van der Waals surface area contributed by atoms with Crippen molar-refractivity contribution >= 4 is 16.6 Å². The molecule has 1 saturated carbocycles. The summed E-state index contributed by atoms with van der Waals surface area (Å²) in [6, 6.07) is 2.62. The van der Waals surface area contributed by atoms with E-state index in [4.69, 9.17) is 0 Å². The quantitative estimate of drug-likeness (QED) is 0.710. The molecule has 152 valence electrons. The Bertz CT molecular complexity index is 1070. The molecule has 1 fully saturated rings. The fourth-order valence-corrected chi connectivity index (χ4v) is 3.99. The van der Waals surface area contributed by atoms with Gasteiger partial charge in [0.2, 0.25) is 0 Å². The highest BCUT2D eigenvalue weighted by atomic mass is 19.4. The number of halogens is 4. The highest BCUT2D eigenvalue weighted by Gasteiger charge is 2.42. The Balaban J connectivity index is 2.00. The van der Waals surface area contributed by atoms with Gasteiger partial charge in [0.15, 0.2) is 11.6 Å². The topological polar surface area (TPSA) is 52.2 Å². The number of hydrogen-bond donors (Lipinski definition) is 1. The van der Waals surface area contributed by atoms with E-state index in [1.807, 2.05) is 0 Å². The van der Waals surface area contributed by atoms with Crippen LogP contribution in [0.15, 0.2) is 30.4 Å². The second kappa shape index (κ2) is 6.83. The highest BCUT2D eigenvalue weighted by Crippen LogP contribution is 2.44. The van der Waals surface area contributed by atoms with Crippen molar-refractivity contribution in [2.75, 3.05) is 6.54 Å². The van der Waals surface area contributed by atoms with E-state index in [0.717, 1.165) is 32.3 Å². The van der Waals surface area contributed by atoms with E-state index in [1.54, 1.807) is 22.8 Å². The van der Waals surface area contributed by atoms with Crippen LogP contribution in [0.25, 0.3) is 16.6 Å². The van der Waals surface area contributed by atoms with Crippen LogP contribution in [-0.2, 0) is 0 Å². The number of phenols is 1. The minimum atomic E-state index is -4.45. The summed E-state index contributed by atoms with van der Waals surface area (Å²) in [5.41, 5.74) is 1.19. The molecule has 0 amide bonds. The van der Waals surface area contributed by atoms with E-state index in [0.29, 0.717) is 16.6 Å². The van der Waals surface area contributed by atoms with Crippen LogP contribution in [0.5, 0.6) is 5.75 Å². The van der Waals surface area contributed by atoms with Gasteiger partial charge in [-0.2, -0.15) is 18.4 Å². The zero-order valence-corrected chi connectivity index (χ0v) is 15.7. The minimum Gasteiger partial charge on any atom is -0.505 e. The average Bonchev–Trinajstić information content (AvgIpc) is 2.92. The molecule has 4 nitrogen and oxygen atoms in total. The molecule has 1 aromatic heterocycles. The van der Waals surface area contributed by atoms with Crippen LogP contribution in [0.1, 0.15) is 43.5 Å². The number of aromatic hydroxyl groups is 1. The molecular weight excluding hydrogens is 386 g/mol. The third-order valence-electron chi connectivity index (χ3n) is 5.81. The van der Waals surface area contributed by atoms with Crippen LogP contribution >= 0.6 is 0 Å². The van der Waals surface area contributed by atoms with Crippen LogP contribution < -0.4 is 0 Å². The zero-order valence-electron chi connectivity index (χ0n) is 15.7. The lowest BCUT2D eigenvalue weighted by Gasteiger charge is -2.37. The molecule has 1 aliphatic heterocycles. The van der Waals surface area contributed by atoms with Crippen LogP contribution in [0.2, 0.25) is 0 Å². The van der Waals surface area contributed by atoms with Crippen LogP contribution in [0, 0.1) is 17.1 Å². The van der Waals surface area contributed by atoms with Crippen LogP contribution in [0.3, 0.4) is 0 Å². The van der Waals surface area contributed by atoms with Gasteiger partial charge < -0.3 is 14.6 Å².